The summed E-state index contributed by atoms with van der Waals surface area (Å²) in [7, 11) is 0. The Kier molecular flexibility index (Phi) is 5.97. The summed E-state index contributed by atoms with van der Waals surface area (Å²) in [4.78, 5) is 2.26. The molecule has 0 aromatic carbocycles. The average Bonchev–Trinajstić information content (AvgIpc) is 2.75. The summed E-state index contributed by atoms with van der Waals surface area (Å²) in [6.07, 6.45) is 0. The lowest BCUT2D eigenvalue weighted by Gasteiger charge is -2.34. The molecule has 1 unspecified atom stereocenters. The second kappa shape index (κ2) is 7.55. The molecule has 1 aliphatic rings. The lowest BCUT2D eigenvalue weighted by Crippen LogP contribution is -2.50. The molecule has 0 bridgehead atoms. The van der Waals surface area contributed by atoms with Gasteiger partial charge in [-0.25, -0.2) is 0 Å². The summed E-state index contributed by atoms with van der Waals surface area (Å²) in [6, 6.07) is 0. The molecule has 1 fully saturated rings. The fourth-order valence-electron chi connectivity index (χ4n) is 3.05. The highest BCUT2D eigenvalue weighted by Crippen LogP contribution is 2.13. The van der Waals surface area contributed by atoms with Gasteiger partial charge in [0, 0.05) is 50.5 Å². The van der Waals surface area contributed by atoms with E-state index >= 15 is 0 Å². The molecule has 6 nitrogen and oxygen atoms in total. The van der Waals surface area contributed by atoms with Gasteiger partial charge in [0.05, 0.1) is 24.5 Å². The van der Waals surface area contributed by atoms with Crippen LogP contribution < -0.4 is 5.32 Å². The van der Waals surface area contributed by atoms with Crippen molar-refractivity contribution in [3.05, 3.63) is 17.0 Å². The van der Waals surface area contributed by atoms with Crippen LogP contribution in [0.1, 0.15) is 30.8 Å². The van der Waals surface area contributed by atoms with Gasteiger partial charge in [0.2, 0.25) is 0 Å². The first-order chi connectivity index (χ1) is 10.4. The van der Waals surface area contributed by atoms with Crippen LogP contribution in [0.5, 0.6) is 0 Å². The standard InChI is InChI=1S/C16H30N4O2/c1-5-20-14(3)15(13(2)18-20)10-17-11-16(4,21)12-19-6-8-22-9-7-19/h17,21H,5-12H2,1-4H3. The van der Waals surface area contributed by atoms with E-state index in [2.05, 4.69) is 29.2 Å². The molecule has 22 heavy (non-hydrogen) atoms. The minimum atomic E-state index is -0.736. The predicted molar refractivity (Wildman–Crippen MR) is 87.0 cm³/mol. The molecule has 0 saturated carbocycles. The Morgan fingerprint density at radius 2 is 2.00 bits per heavy atom. The van der Waals surface area contributed by atoms with Crippen molar-refractivity contribution < 1.29 is 9.84 Å². The molecule has 1 aromatic heterocycles. The molecule has 0 amide bonds. The fourth-order valence-corrected chi connectivity index (χ4v) is 3.05. The van der Waals surface area contributed by atoms with E-state index in [4.69, 9.17) is 4.74 Å². The number of hydrogen-bond donors (Lipinski definition) is 2. The third kappa shape index (κ3) is 4.52. The number of ether oxygens (including phenoxy) is 1. The highest BCUT2D eigenvalue weighted by atomic mass is 16.5. The van der Waals surface area contributed by atoms with E-state index in [0.29, 0.717) is 13.1 Å². The maximum absolute atomic E-state index is 10.6. The molecule has 2 rings (SSSR count). The zero-order valence-corrected chi connectivity index (χ0v) is 14.4. The molecule has 0 spiro atoms. The van der Waals surface area contributed by atoms with Gasteiger partial charge in [0.25, 0.3) is 0 Å². The number of β-amino-alcohol motifs (C(OH)–C–C–N with tert-alkyl or cyclic N) is 1. The van der Waals surface area contributed by atoms with Crippen LogP contribution in [0.25, 0.3) is 0 Å². The van der Waals surface area contributed by atoms with Crippen molar-refractivity contribution >= 4 is 0 Å². The molecule has 1 saturated heterocycles. The average molecular weight is 310 g/mol. The summed E-state index contributed by atoms with van der Waals surface area (Å²) >= 11 is 0. The topological polar surface area (TPSA) is 62.5 Å². The van der Waals surface area contributed by atoms with Crippen LogP contribution in [-0.2, 0) is 17.8 Å². The van der Waals surface area contributed by atoms with Crippen molar-refractivity contribution in [3.8, 4) is 0 Å². The Bertz CT molecular complexity index is 479. The Labute approximate surface area is 133 Å². The van der Waals surface area contributed by atoms with Gasteiger partial charge in [-0.15, -0.1) is 0 Å². The molecule has 126 valence electrons. The van der Waals surface area contributed by atoms with Gasteiger partial charge < -0.3 is 15.2 Å². The molecule has 6 heteroatoms. The summed E-state index contributed by atoms with van der Waals surface area (Å²) in [5.41, 5.74) is 2.78. The van der Waals surface area contributed by atoms with Gasteiger partial charge in [-0.1, -0.05) is 0 Å². The number of aliphatic hydroxyl groups is 1. The molecule has 2 N–H and O–H groups in total. The lowest BCUT2D eigenvalue weighted by molar-refractivity contribution is -0.0219. The van der Waals surface area contributed by atoms with Gasteiger partial charge in [0.1, 0.15) is 0 Å². The third-order valence-corrected chi connectivity index (χ3v) is 4.31. The van der Waals surface area contributed by atoms with Crippen molar-refractivity contribution in [2.24, 2.45) is 0 Å². The Hall–Kier alpha value is -0.950. The normalized spacial score (nSPS) is 19.3. The first-order valence-electron chi connectivity index (χ1n) is 8.19. The molecule has 1 atom stereocenters. The number of morpholine rings is 1. The van der Waals surface area contributed by atoms with Crippen LogP contribution in [0, 0.1) is 13.8 Å². The van der Waals surface area contributed by atoms with Crippen LogP contribution in [-0.4, -0.2) is 64.8 Å². The maximum Gasteiger partial charge on any atom is 0.0869 e. The first-order valence-corrected chi connectivity index (χ1v) is 8.19. The van der Waals surface area contributed by atoms with Crippen LogP contribution in [0.15, 0.2) is 0 Å². The van der Waals surface area contributed by atoms with E-state index in [-0.39, 0.29) is 0 Å². The second-order valence-electron chi connectivity index (χ2n) is 6.45. The summed E-state index contributed by atoms with van der Waals surface area (Å²) in [5.74, 6) is 0. The molecular weight excluding hydrogens is 280 g/mol. The van der Waals surface area contributed by atoms with Crippen LogP contribution in [0.4, 0.5) is 0 Å². The largest absolute Gasteiger partial charge is 0.388 e. The maximum atomic E-state index is 10.6. The van der Waals surface area contributed by atoms with E-state index < -0.39 is 5.60 Å². The summed E-state index contributed by atoms with van der Waals surface area (Å²) in [5, 5.41) is 18.5. The van der Waals surface area contributed by atoms with Crippen LogP contribution >= 0.6 is 0 Å². The predicted octanol–water partition coefficient (Wildman–Crippen LogP) is 0.693. The van der Waals surface area contributed by atoms with Gasteiger partial charge in [-0.3, -0.25) is 9.58 Å². The van der Waals surface area contributed by atoms with Gasteiger partial charge in [-0.05, 0) is 27.7 Å². The minimum absolute atomic E-state index is 0.570. The summed E-state index contributed by atoms with van der Waals surface area (Å²) in [6.45, 7) is 14.3. The Morgan fingerprint density at radius 3 is 2.59 bits per heavy atom. The molecular formula is C16H30N4O2. The number of nitrogens with one attached hydrogen (secondary N) is 1. The number of nitrogens with zero attached hydrogens (tertiary/aromatic N) is 3. The van der Waals surface area contributed by atoms with Crippen molar-refractivity contribution in [1.29, 1.82) is 0 Å². The number of hydrogen-bond acceptors (Lipinski definition) is 5. The SMILES string of the molecule is CCn1nc(C)c(CNCC(C)(O)CN2CCOCC2)c1C. The molecule has 0 radical (unpaired) electrons. The smallest absolute Gasteiger partial charge is 0.0869 e. The zero-order valence-electron chi connectivity index (χ0n) is 14.4. The molecule has 1 aliphatic heterocycles. The zero-order chi connectivity index (χ0) is 16.2. The van der Waals surface area contributed by atoms with E-state index in [1.54, 1.807) is 0 Å². The van der Waals surface area contributed by atoms with Crippen molar-refractivity contribution in [2.45, 2.75) is 46.4 Å². The molecule has 2 heterocycles. The van der Waals surface area contributed by atoms with Gasteiger partial charge in [-0.2, -0.15) is 5.10 Å². The highest BCUT2D eigenvalue weighted by Gasteiger charge is 2.25. The second-order valence-corrected chi connectivity index (χ2v) is 6.45. The Balaban J connectivity index is 1.83. The third-order valence-electron chi connectivity index (χ3n) is 4.31. The lowest BCUT2D eigenvalue weighted by atomic mass is 10.1. The Morgan fingerprint density at radius 1 is 1.32 bits per heavy atom. The van der Waals surface area contributed by atoms with Crippen molar-refractivity contribution in [3.63, 3.8) is 0 Å². The fraction of sp³-hybridized carbons (Fsp3) is 0.812. The highest BCUT2D eigenvalue weighted by molar-refractivity contribution is 5.24. The number of rotatable bonds is 7. The van der Waals surface area contributed by atoms with Crippen molar-refractivity contribution in [2.75, 3.05) is 39.4 Å². The summed E-state index contributed by atoms with van der Waals surface area (Å²) < 4.78 is 7.37. The number of aromatic nitrogens is 2. The van der Waals surface area contributed by atoms with Gasteiger partial charge >= 0.3 is 0 Å². The monoisotopic (exact) mass is 310 g/mol. The van der Waals surface area contributed by atoms with Crippen LogP contribution in [0.3, 0.4) is 0 Å². The first kappa shape index (κ1) is 17.4. The van der Waals surface area contributed by atoms with E-state index in [0.717, 1.165) is 45.1 Å². The molecule has 1 aromatic rings. The van der Waals surface area contributed by atoms with Gasteiger partial charge in [0.15, 0.2) is 0 Å². The van der Waals surface area contributed by atoms with E-state index in [1.165, 1.54) is 11.3 Å². The minimum Gasteiger partial charge on any atom is -0.388 e. The molecule has 0 aliphatic carbocycles. The quantitative estimate of drug-likeness (QED) is 0.776. The van der Waals surface area contributed by atoms with E-state index in [9.17, 15) is 5.11 Å². The van der Waals surface area contributed by atoms with Crippen molar-refractivity contribution in [1.82, 2.24) is 20.0 Å². The van der Waals surface area contributed by atoms with E-state index in [1.807, 2.05) is 18.5 Å². The van der Waals surface area contributed by atoms with Crippen LogP contribution in [0.2, 0.25) is 0 Å². The number of aryl methyl sites for hydroxylation is 2.